The van der Waals surface area contributed by atoms with Crippen molar-refractivity contribution in [3.63, 3.8) is 0 Å². The smallest absolute Gasteiger partial charge is 0.224 e. The van der Waals surface area contributed by atoms with Gasteiger partial charge in [0.25, 0.3) is 0 Å². The first-order chi connectivity index (χ1) is 9.72. The Bertz CT molecular complexity index is 742. The fraction of sp³-hybridized carbons (Fsp3) is 0.143. The van der Waals surface area contributed by atoms with Gasteiger partial charge >= 0.3 is 0 Å². The molecule has 0 unspecified atom stereocenters. The highest BCUT2D eigenvalue weighted by molar-refractivity contribution is 6.28. The maximum Gasteiger partial charge on any atom is 0.224 e. The van der Waals surface area contributed by atoms with Gasteiger partial charge in [-0.05, 0) is 30.7 Å². The summed E-state index contributed by atoms with van der Waals surface area (Å²) in [4.78, 5) is 16.9. The third kappa shape index (κ3) is 2.67. The molecule has 0 spiro atoms. The number of nitrogens with one attached hydrogen (secondary N) is 1. The van der Waals surface area contributed by atoms with Crippen LogP contribution in [0.1, 0.15) is 11.4 Å². The lowest BCUT2D eigenvalue weighted by atomic mass is 10.2. The van der Waals surface area contributed by atoms with Crippen molar-refractivity contribution in [3.8, 4) is 0 Å². The highest BCUT2D eigenvalue weighted by Crippen LogP contribution is 2.21. The highest BCUT2D eigenvalue weighted by atomic mass is 35.5. The first-order valence-electron chi connectivity index (χ1n) is 6.16. The third-order valence-electron chi connectivity index (χ3n) is 2.85. The van der Waals surface area contributed by atoms with Crippen LogP contribution in [-0.4, -0.2) is 19.9 Å². The molecular formula is C14H12ClN5. The lowest BCUT2D eigenvalue weighted by Crippen LogP contribution is -2.05. The summed E-state index contributed by atoms with van der Waals surface area (Å²) in [7, 11) is 0. The average Bonchev–Trinajstić information content (AvgIpc) is 2.46. The van der Waals surface area contributed by atoms with E-state index in [1.807, 2.05) is 31.2 Å². The van der Waals surface area contributed by atoms with E-state index in [0.29, 0.717) is 12.4 Å². The predicted molar refractivity (Wildman–Crippen MR) is 78.6 cm³/mol. The summed E-state index contributed by atoms with van der Waals surface area (Å²) in [6.45, 7) is 2.44. The Morgan fingerprint density at radius 2 is 1.95 bits per heavy atom. The normalized spacial score (nSPS) is 10.7. The van der Waals surface area contributed by atoms with E-state index in [9.17, 15) is 0 Å². The summed E-state index contributed by atoms with van der Waals surface area (Å²) in [6.07, 6.45) is 3.48. The van der Waals surface area contributed by atoms with Crippen molar-refractivity contribution in [2.24, 2.45) is 0 Å². The zero-order chi connectivity index (χ0) is 13.9. The molecule has 0 aliphatic rings. The van der Waals surface area contributed by atoms with Crippen LogP contribution in [0.5, 0.6) is 0 Å². The van der Waals surface area contributed by atoms with Gasteiger partial charge in [0.15, 0.2) is 0 Å². The molecule has 6 heteroatoms. The zero-order valence-electron chi connectivity index (χ0n) is 10.8. The molecule has 0 radical (unpaired) electrons. The SMILES string of the molecule is Cc1cnc(CNc2nc(Cl)nc3ccccc23)cn1. The standard InChI is InChI=1S/C14H12ClN5/c1-9-6-17-10(7-16-9)8-18-13-11-4-2-3-5-12(11)19-14(15)20-13/h2-7H,8H2,1H3,(H,18,19,20). The highest BCUT2D eigenvalue weighted by Gasteiger charge is 2.06. The zero-order valence-corrected chi connectivity index (χ0v) is 11.6. The predicted octanol–water partition coefficient (Wildman–Crippen LogP) is 2.99. The van der Waals surface area contributed by atoms with Crippen molar-refractivity contribution in [2.45, 2.75) is 13.5 Å². The van der Waals surface area contributed by atoms with Gasteiger partial charge in [-0.3, -0.25) is 9.97 Å². The number of para-hydroxylation sites is 1. The van der Waals surface area contributed by atoms with Crippen LogP contribution in [0.4, 0.5) is 5.82 Å². The van der Waals surface area contributed by atoms with E-state index < -0.39 is 0 Å². The van der Waals surface area contributed by atoms with Crippen molar-refractivity contribution in [1.29, 1.82) is 0 Å². The fourth-order valence-corrected chi connectivity index (χ4v) is 2.04. The minimum Gasteiger partial charge on any atom is -0.364 e. The van der Waals surface area contributed by atoms with Crippen LogP contribution in [0.3, 0.4) is 0 Å². The fourth-order valence-electron chi connectivity index (χ4n) is 1.87. The van der Waals surface area contributed by atoms with Gasteiger partial charge in [0.1, 0.15) is 5.82 Å². The van der Waals surface area contributed by atoms with Crippen molar-refractivity contribution < 1.29 is 0 Å². The number of nitrogens with zero attached hydrogens (tertiary/aromatic N) is 4. The summed E-state index contributed by atoms with van der Waals surface area (Å²) in [6, 6.07) is 7.71. The van der Waals surface area contributed by atoms with Gasteiger partial charge in [-0.15, -0.1) is 0 Å². The number of aromatic nitrogens is 4. The summed E-state index contributed by atoms with van der Waals surface area (Å²) < 4.78 is 0. The first kappa shape index (κ1) is 12.7. The molecule has 20 heavy (non-hydrogen) atoms. The van der Waals surface area contributed by atoms with Gasteiger partial charge in [0.05, 0.1) is 29.6 Å². The Morgan fingerprint density at radius 1 is 1.10 bits per heavy atom. The Morgan fingerprint density at radius 3 is 2.75 bits per heavy atom. The molecule has 2 heterocycles. The first-order valence-corrected chi connectivity index (χ1v) is 6.54. The molecule has 3 rings (SSSR count). The third-order valence-corrected chi connectivity index (χ3v) is 3.02. The number of rotatable bonds is 3. The van der Waals surface area contributed by atoms with Crippen LogP contribution in [0.2, 0.25) is 5.28 Å². The molecule has 1 aromatic carbocycles. The van der Waals surface area contributed by atoms with Crippen LogP contribution in [-0.2, 0) is 6.54 Å². The van der Waals surface area contributed by atoms with Crippen molar-refractivity contribution in [2.75, 3.05) is 5.32 Å². The van der Waals surface area contributed by atoms with E-state index >= 15 is 0 Å². The molecule has 0 saturated heterocycles. The largest absolute Gasteiger partial charge is 0.364 e. The van der Waals surface area contributed by atoms with E-state index in [-0.39, 0.29) is 5.28 Å². The number of hydrogen-bond donors (Lipinski definition) is 1. The Labute approximate surface area is 121 Å². The maximum atomic E-state index is 5.94. The van der Waals surface area contributed by atoms with E-state index in [0.717, 1.165) is 22.3 Å². The quantitative estimate of drug-likeness (QED) is 0.750. The van der Waals surface area contributed by atoms with Crippen molar-refractivity contribution in [3.05, 3.63) is 53.3 Å². The number of fused-ring (bicyclic) bond motifs is 1. The van der Waals surface area contributed by atoms with Gasteiger partial charge in [0, 0.05) is 11.6 Å². The topological polar surface area (TPSA) is 63.6 Å². The molecule has 100 valence electrons. The summed E-state index contributed by atoms with van der Waals surface area (Å²) in [5.74, 6) is 0.697. The van der Waals surface area contributed by atoms with E-state index in [1.54, 1.807) is 12.4 Å². The van der Waals surface area contributed by atoms with E-state index in [1.165, 1.54) is 0 Å². The summed E-state index contributed by atoms with van der Waals surface area (Å²) in [5.41, 5.74) is 2.55. The number of hydrogen-bond acceptors (Lipinski definition) is 5. The molecule has 0 aliphatic heterocycles. The second kappa shape index (κ2) is 5.38. The Hall–Kier alpha value is -2.27. The molecule has 0 fully saturated rings. The van der Waals surface area contributed by atoms with Gasteiger partial charge in [-0.2, -0.15) is 0 Å². The molecule has 0 atom stereocenters. The average molecular weight is 286 g/mol. The number of aryl methyl sites for hydroxylation is 1. The second-order valence-electron chi connectivity index (χ2n) is 4.36. The van der Waals surface area contributed by atoms with E-state index in [2.05, 4.69) is 25.3 Å². The van der Waals surface area contributed by atoms with Gasteiger partial charge < -0.3 is 5.32 Å². The molecule has 0 aliphatic carbocycles. The second-order valence-corrected chi connectivity index (χ2v) is 4.70. The molecule has 5 nitrogen and oxygen atoms in total. The minimum atomic E-state index is 0.223. The van der Waals surface area contributed by atoms with Gasteiger partial charge in [0.2, 0.25) is 5.28 Å². The van der Waals surface area contributed by atoms with Crippen molar-refractivity contribution in [1.82, 2.24) is 19.9 Å². The van der Waals surface area contributed by atoms with Gasteiger partial charge in [-0.1, -0.05) is 12.1 Å². The van der Waals surface area contributed by atoms with E-state index in [4.69, 9.17) is 11.6 Å². The van der Waals surface area contributed by atoms with Crippen LogP contribution >= 0.6 is 11.6 Å². The lowest BCUT2D eigenvalue weighted by molar-refractivity contribution is 0.977. The molecule has 0 bridgehead atoms. The Kier molecular flexibility index (Phi) is 3.43. The number of anilines is 1. The van der Waals surface area contributed by atoms with Crippen LogP contribution < -0.4 is 5.32 Å². The minimum absolute atomic E-state index is 0.223. The summed E-state index contributed by atoms with van der Waals surface area (Å²) >= 11 is 5.94. The molecule has 2 aromatic heterocycles. The molecule has 3 aromatic rings. The van der Waals surface area contributed by atoms with Crippen LogP contribution in [0, 0.1) is 6.92 Å². The number of halogens is 1. The van der Waals surface area contributed by atoms with Crippen molar-refractivity contribution >= 4 is 28.3 Å². The van der Waals surface area contributed by atoms with Crippen LogP contribution in [0.15, 0.2) is 36.7 Å². The molecule has 0 saturated carbocycles. The molecule has 0 amide bonds. The molecular weight excluding hydrogens is 274 g/mol. The van der Waals surface area contributed by atoms with Crippen LogP contribution in [0.25, 0.3) is 10.9 Å². The molecule has 1 N–H and O–H groups in total. The summed E-state index contributed by atoms with van der Waals surface area (Å²) in [5, 5.41) is 4.38. The number of benzene rings is 1. The van der Waals surface area contributed by atoms with Gasteiger partial charge in [-0.25, -0.2) is 9.97 Å². The monoisotopic (exact) mass is 285 g/mol. The maximum absolute atomic E-state index is 5.94. The Balaban J connectivity index is 1.88. The lowest BCUT2D eigenvalue weighted by Gasteiger charge is -2.08.